The van der Waals surface area contributed by atoms with Crippen LogP contribution in [0.3, 0.4) is 0 Å². The highest BCUT2D eigenvalue weighted by atomic mass is 16.7. The molecule has 0 atom stereocenters. The van der Waals surface area contributed by atoms with E-state index in [4.69, 9.17) is 23.9 Å². The number of hydrogen-bond donors (Lipinski definition) is 2. The molecule has 3 rings (SSSR count). The molecule has 0 fully saturated rings. The second-order valence-electron chi connectivity index (χ2n) is 10.5. The summed E-state index contributed by atoms with van der Waals surface area (Å²) in [6.07, 6.45) is 1.52. The number of aromatic nitrogens is 2. The quantitative estimate of drug-likeness (QED) is 0.280. The molecule has 2 aromatic heterocycles. The Labute approximate surface area is 254 Å². The summed E-state index contributed by atoms with van der Waals surface area (Å²) in [6.45, 7) is 11.0. The van der Waals surface area contributed by atoms with E-state index < -0.39 is 24.0 Å². The third-order valence-corrected chi connectivity index (χ3v) is 6.16. The Balaban J connectivity index is 0.00000316. The van der Waals surface area contributed by atoms with Crippen molar-refractivity contribution in [2.75, 3.05) is 63.6 Å². The zero-order chi connectivity index (χ0) is 32.2. The van der Waals surface area contributed by atoms with Crippen molar-refractivity contribution in [1.82, 2.24) is 14.9 Å². The molecule has 13 heteroatoms. The van der Waals surface area contributed by atoms with E-state index in [1.54, 1.807) is 25.1 Å². The van der Waals surface area contributed by atoms with Gasteiger partial charge in [-0.2, -0.15) is 5.26 Å². The summed E-state index contributed by atoms with van der Waals surface area (Å²) < 4.78 is 21.6. The predicted molar refractivity (Wildman–Crippen MR) is 164 cm³/mol. The second-order valence-corrected chi connectivity index (χ2v) is 10.5. The zero-order valence-electron chi connectivity index (χ0n) is 26.7. The minimum absolute atomic E-state index is 0.202. The first-order valence-corrected chi connectivity index (χ1v) is 14.2. The van der Waals surface area contributed by atoms with Crippen LogP contribution in [0.5, 0.6) is 0 Å². The first-order chi connectivity index (χ1) is 20.5. The number of ether oxygens (including phenoxy) is 4. The van der Waals surface area contributed by atoms with Gasteiger partial charge in [-0.3, -0.25) is 10.2 Å². The molecule has 13 nitrogen and oxygen atoms in total. The van der Waals surface area contributed by atoms with Gasteiger partial charge in [0.15, 0.2) is 0 Å². The van der Waals surface area contributed by atoms with Gasteiger partial charge in [-0.05, 0) is 50.8 Å². The highest BCUT2D eigenvalue weighted by Crippen LogP contribution is 2.32. The molecule has 2 N–H and O–H groups in total. The molecule has 0 unspecified atom stereocenters. The highest BCUT2D eigenvalue weighted by Gasteiger charge is 2.30. The van der Waals surface area contributed by atoms with Gasteiger partial charge < -0.3 is 29.2 Å². The number of fused-ring (bicyclic) bond motifs is 1. The van der Waals surface area contributed by atoms with Crippen molar-refractivity contribution in [3.8, 4) is 6.07 Å². The number of nitriles is 1. The van der Waals surface area contributed by atoms with Crippen LogP contribution in [0.15, 0.2) is 18.3 Å². The van der Waals surface area contributed by atoms with Gasteiger partial charge in [0.25, 0.3) is 0 Å². The van der Waals surface area contributed by atoms with Crippen LogP contribution < -0.4 is 15.5 Å². The number of amides is 3. The van der Waals surface area contributed by atoms with Crippen LogP contribution >= 0.6 is 0 Å². The highest BCUT2D eigenvalue weighted by molar-refractivity contribution is 6.01. The Morgan fingerprint density at radius 3 is 2.49 bits per heavy atom. The molecule has 0 aromatic carbocycles. The number of carbonyl (C=O) groups excluding carboxylic acids is 2. The van der Waals surface area contributed by atoms with Crippen molar-refractivity contribution in [1.29, 1.82) is 5.26 Å². The van der Waals surface area contributed by atoms with E-state index in [9.17, 15) is 14.9 Å². The lowest BCUT2D eigenvalue weighted by Gasteiger charge is -2.31. The third kappa shape index (κ3) is 9.77. The topological polar surface area (TPSA) is 151 Å². The Hall–Kier alpha value is -3.99. The molecule has 0 aliphatic carbocycles. The monoisotopic (exact) mass is 599 g/mol. The molecule has 0 spiro atoms. The minimum atomic E-state index is -0.824. The van der Waals surface area contributed by atoms with Crippen molar-refractivity contribution in [3.05, 3.63) is 40.7 Å². The van der Waals surface area contributed by atoms with Crippen LogP contribution in [0.4, 0.5) is 26.9 Å². The molecule has 0 saturated carbocycles. The van der Waals surface area contributed by atoms with Gasteiger partial charge in [0.1, 0.15) is 29.0 Å². The smallest absolute Gasteiger partial charge is 0.410 e. The van der Waals surface area contributed by atoms with Crippen LogP contribution in [0.25, 0.3) is 0 Å². The number of aryl methyl sites for hydroxylation is 1. The maximum absolute atomic E-state index is 13.5. The molecule has 0 saturated heterocycles. The molecule has 0 bridgehead atoms. The van der Waals surface area contributed by atoms with Gasteiger partial charge >= 0.3 is 12.1 Å². The van der Waals surface area contributed by atoms with Gasteiger partial charge in [0.05, 0.1) is 24.4 Å². The number of carbonyl (C=O) groups is 2. The first kappa shape index (κ1) is 35.2. The number of urea groups is 1. The first-order valence-electron chi connectivity index (χ1n) is 14.2. The number of nitrogens with zero attached hydrogens (tertiary/aromatic N) is 5. The van der Waals surface area contributed by atoms with Crippen LogP contribution in [-0.4, -0.2) is 80.7 Å². The fraction of sp³-hybridized carbons (Fsp3) is 0.567. The average Bonchev–Trinajstić information content (AvgIpc) is 2.98. The van der Waals surface area contributed by atoms with Crippen molar-refractivity contribution in [2.45, 2.75) is 65.9 Å². The Morgan fingerprint density at radius 1 is 1.19 bits per heavy atom. The molecule has 43 heavy (non-hydrogen) atoms. The Morgan fingerprint density at radius 2 is 1.88 bits per heavy atom. The van der Waals surface area contributed by atoms with Crippen molar-refractivity contribution in [3.63, 3.8) is 0 Å². The molecular formula is C30H45N7O6. The Bertz CT molecular complexity index is 1270. The van der Waals surface area contributed by atoms with Crippen molar-refractivity contribution in [2.24, 2.45) is 0 Å². The molecule has 0 radical (unpaired) electrons. The van der Waals surface area contributed by atoms with E-state index in [2.05, 4.69) is 21.7 Å². The maximum atomic E-state index is 13.5. The fourth-order valence-corrected chi connectivity index (χ4v) is 4.29. The van der Waals surface area contributed by atoms with Gasteiger partial charge in [-0.15, -0.1) is 0 Å². The third-order valence-electron chi connectivity index (χ3n) is 6.16. The minimum Gasteiger partial charge on any atom is -0.444 e. The normalized spacial score (nSPS) is 12.4. The number of hydrogen-bond acceptors (Lipinski definition) is 10. The maximum Gasteiger partial charge on any atom is 0.410 e. The van der Waals surface area contributed by atoms with Crippen molar-refractivity contribution < 1.29 is 28.5 Å². The van der Waals surface area contributed by atoms with E-state index in [0.29, 0.717) is 60.9 Å². The predicted octanol–water partition coefficient (Wildman–Crippen LogP) is 5.08. The van der Waals surface area contributed by atoms with Crippen molar-refractivity contribution >= 4 is 29.4 Å². The summed E-state index contributed by atoms with van der Waals surface area (Å²) in [5.41, 5.74) is 2.27. The van der Waals surface area contributed by atoms with Gasteiger partial charge in [-0.1, -0.05) is 13.8 Å². The van der Waals surface area contributed by atoms with Gasteiger partial charge in [0, 0.05) is 53.7 Å². The molecule has 3 heterocycles. The summed E-state index contributed by atoms with van der Waals surface area (Å²) in [6, 6.07) is 5.21. The second kappa shape index (κ2) is 16.6. The molecular weight excluding hydrogens is 554 g/mol. The Kier molecular flexibility index (Phi) is 13.6. The van der Waals surface area contributed by atoms with Crippen LogP contribution in [0.2, 0.25) is 0 Å². The number of pyridine rings is 2. The number of methoxy groups -OCH3 is 3. The van der Waals surface area contributed by atoms with Crippen LogP contribution in [0, 0.1) is 11.3 Å². The average molecular weight is 600 g/mol. The lowest BCUT2D eigenvalue weighted by molar-refractivity contribution is -0.109. The van der Waals surface area contributed by atoms with Gasteiger partial charge in [-0.25, -0.2) is 19.6 Å². The zero-order valence-corrected chi connectivity index (χ0v) is 26.7. The SMILES string of the molecule is CC.COCCNc1cc(NC(=O)N2CCCc3cc(CN(C)C(=O)OC(C)(C)C)c(C(OC)OC)nc32)ncc1C#N. The van der Waals surface area contributed by atoms with Crippen LogP contribution in [-0.2, 0) is 31.9 Å². The molecule has 236 valence electrons. The number of rotatable bonds is 10. The fourth-order valence-electron chi connectivity index (χ4n) is 4.29. The van der Waals surface area contributed by atoms with E-state index in [1.807, 2.05) is 40.7 Å². The van der Waals surface area contributed by atoms with E-state index >= 15 is 0 Å². The molecule has 1 aliphatic heterocycles. The summed E-state index contributed by atoms with van der Waals surface area (Å²) in [4.78, 5) is 38.2. The summed E-state index contributed by atoms with van der Waals surface area (Å²) in [7, 11) is 6.23. The van der Waals surface area contributed by atoms with E-state index in [1.165, 1.54) is 25.3 Å². The van der Waals surface area contributed by atoms with E-state index in [-0.39, 0.29) is 12.4 Å². The summed E-state index contributed by atoms with van der Waals surface area (Å²) >= 11 is 0. The molecule has 2 aromatic rings. The standard InChI is InChI=1S/C28H39N7O6.C2H6/c1-28(2,3)41-27(37)34(4)17-19-13-18-9-8-11-35(24(18)33-23(19)25(39-6)40-7)26(36)32-22-14-21(30-10-12-38-5)20(15-29)16-31-22;1-2/h13-14,16,25H,8-12,17H2,1-7H3,(H2,30,31,32,36);1-2H3. The summed E-state index contributed by atoms with van der Waals surface area (Å²) in [5, 5.41) is 15.4. The molecule has 1 aliphatic rings. The lowest BCUT2D eigenvalue weighted by Crippen LogP contribution is -2.40. The number of anilines is 3. The summed E-state index contributed by atoms with van der Waals surface area (Å²) in [5.74, 6) is 0.752. The number of nitrogens with one attached hydrogen (secondary N) is 2. The van der Waals surface area contributed by atoms with E-state index in [0.717, 1.165) is 5.56 Å². The molecule has 3 amide bonds. The largest absolute Gasteiger partial charge is 0.444 e. The van der Waals surface area contributed by atoms with Crippen LogP contribution in [0.1, 0.15) is 69.7 Å². The van der Waals surface area contributed by atoms with Gasteiger partial charge in [0.2, 0.25) is 6.29 Å². The lowest BCUT2D eigenvalue weighted by atomic mass is 10.0.